The van der Waals surface area contributed by atoms with E-state index in [1.54, 1.807) is 20.8 Å². The highest BCUT2D eigenvalue weighted by molar-refractivity contribution is 5.76. The van der Waals surface area contributed by atoms with Crippen molar-refractivity contribution in [2.45, 2.75) is 45.5 Å². The van der Waals surface area contributed by atoms with Gasteiger partial charge in [0.25, 0.3) is 0 Å². The van der Waals surface area contributed by atoms with Crippen molar-refractivity contribution in [1.29, 1.82) is 0 Å². The van der Waals surface area contributed by atoms with Crippen LogP contribution in [0.2, 0.25) is 0 Å². The first-order chi connectivity index (χ1) is 10.6. The van der Waals surface area contributed by atoms with Crippen molar-refractivity contribution in [2.24, 2.45) is 5.92 Å². The second-order valence-electron chi connectivity index (χ2n) is 5.79. The van der Waals surface area contributed by atoms with Crippen LogP contribution in [0.15, 0.2) is 24.3 Å². The maximum Gasteiger partial charge on any atom is 0.419 e. The molecule has 0 saturated heterocycles. The van der Waals surface area contributed by atoms with E-state index < -0.39 is 23.9 Å². The average Bonchev–Trinajstić information content (AvgIpc) is 2.44. The fourth-order valence-corrected chi connectivity index (χ4v) is 1.84. The molecule has 130 valence electrons. The Hall–Kier alpha value is -1.76. The van der Waals surface area contributed by atoms with Gasteiger partial charge in [-0.1, -0.05) is 26.0 Å². The second kappa shape index (κ2) is 8.19. The molecule has 2 N–H and O–H groups in total. The van der Waals surface area contributed by atoms with Gasteiger partial charge in [-0.3, -0.25) is 4.79 Å². The Bertz CT molecular complexity index is 518. The molecule has 0 aliphatic heterocycles. The lowest BCUT2D eigenvalue weighted by Gasteiger charge is -2.19. The summed E-state index contributed by atoms with van der Waals surface area (Å²) in [4.78, 5) is 11.7. The van der Waals surface area contributed by atoms with Crippen molar-refractivity contribution in [3.05, 3.63) is 29.8 Å². The predicted octanol–water partition coefficient (Wildman–Crippen LogP) is 3.00. The van der Waals surface area contributed by atoms with Crippen LogP contribution in [0.25, 0.3) is 0 Å². The molecule has 0 bridgehead atoms. The first-order valence-electron chi connectivity index (χ1n) is 7.37. The summed E-state index contributed by atoms with van der Waals surface area (Å²) in [6.07, 6.45) is -5.31. The molecule has 0 heterocycles. The van der Waals surface area contributed by atoms with Crippen LogP contribution >= 0.6 is 0 Å². The van der Waals surface area contributed by atoms with Crippen LogP contribution in [-0.4, -0.2) is 29.8 Å². The van der Waals surface area contributed by atoms with Gasteiger partial charge in [0.05, 0.1) is 24.1 Å². The van der Waals surface area contributed by atoms with Gasteiger partial charge in [0, 0.05) is 0 Å². The van der Waals surface area contributed by atoms with E-state index in [-0.39, 0.29) is 30.6 Å². The SMILES string of the molecule is CC(COc1ccccc1C(F)(F)F)NC(=O)CC(O)C(C)C. The van der Waals surface area contributed by atoms with Crippen LogP contribution in [0, 0.1) is 5.92 Å². The third kappa shape index (κ3) is 6.48. The highest BCUT2D eigenvalue weighted by Gasteiger charge is 2.34. The smallest absolute Gasteiger partial charge is 0.419 e. The number of benzene rings is 1. The summed E-state index contributed by atoms with van der Waals surface area (Å²) in [5, 5.41) is 12.2. The van der Waals surface area contributed by atoms with Gasteiger partial charge < -0.3 is 15.2 Å². The zero-order valence-corrected chi connectivity index (χ0v) is 13.4. The van der Waals surface area contributed by atoms with Crippen LogP contribution in [0.1, 0.15) is 32.8 Å². The number of amides is 1. The quantitative estimate of drug-likeness (QED) is 0.806. The molecule has 23 heavy (non-hydrogen) atoms. The summed E-state index contributed by atoms with van der Waals surface area (Å²) in [7, 11) is 0. The predicted molar refractivity (Wildman–Crippen MR) is 80.0 cm³/mol. The molecule has 4 nitrogen and oxygen atoms in total. The van der Waals surface area contributed by atoms with Crippen molar-refractivity contribution in [2.75, 3.05) is 6.61 Å². The standard InChI is InChI=1S/C16H22F3NO3/c1-10(2)13(21)8-15(22)20-11(3)9-23-14-7-5-4-6-12(14)16(17,18)19/h4-7,10-11,13,21H,8-9H2,1-3H3,(H,20,22). The van der Waals surface area contributed by atoms with Crippen LogP contribution in [-0.2, 0) is 11.0 Å². The number of aliphatic hydroxyl groups excluding tert-OH is 1. The van der Waals surface area contributed by atoms with Crippen LogP contribution in [0.3, 0.4) is 0 Å². The molecule has 0 aliphatic carbocycles. The number of ether oxygens (including phenoxy) is 1. The fraction of sp³-hybridized carbons (Fsp3) is 0.562. The van der Waals surface area contributed by atoms with E-state index in [1.165, 1.54) is 18.2 Å². The van der Waals surface area contributed by atoms with Gasteiger partial charge in [-0.05, 0) is 25.0 Å². The molecule has 1 amide bonds. The Morgan fingerprint density at radius 3 is 2.43 bits per heavy atom. The first-order valence-corrected chi connectivity index (χ1v) is 7.37. The largest absolute Gasteiger partial charge is 0.491 e. The normalized spacial score (nSPS) is 14.4. The van der Waals surface area contributed by atoms with Gasteiger partial charge in [-0.2, -0.15) is 13.2 Å². The molecular weight excluding hydrogens is 311 g/mol. The van der Waals surface area contributed by atoms with E-state index in [0.29, 0.717) is 0 Å². The van der Waals surface area contributed by atoms with Gasteiger partial charge in [0.1, 0.15) is 12.4 Å². The number of carbonyl (C=O) groups excluding carboxylic acids is 1. The summed E-state index contributed by atoms with van der Waals surface area (Å²) < 4.78 is 43.7. The molecule has 2 unspecified atom stereocenters. The maximum atomic E-state index is 12.8. The van der Waals surface area contributed by atoms with E-state index in [4.69, 9.17) is 4.74 Å². The van der Waals surface area contributed by atoms with Crippen molar-refractivity contribution in [3.63, 3.8) is 0 Å². The molecule has 2 atom stereocenters. The zero-order chi connectivity index (χ0) is 17.6. The maximum absolute atomic E-state index is 12.8. The summed E-state index contributed by atoms with van der Waals surface area (Å²) in [6.45, 7) is 5.10. The lowest BCUT2D eigenvalue weighted by atomic mass is 10.0. The number of nitrogens with one attached hydrogen (secondary N) is 1. The number of alkyl halides is 3. The topological polar surface area (TPSA) is 58.6 Å². The monoisotopic (exact) mass is 333 g/mol. The minimum Gasteiger partial charge on any atom is -0.491 e. The number of aliphatic hydroxyl groups is 1. The van der Waals surface area contributed by atoms with Crippen molar-refractivity contribution in [3.8, 4) is 5.75 Å². The number of halogens is 3. The minimum absolute atomic E-state index is 0.0500. The molecular formula is C16H22F3NO3. The Balaban J connectivity index is 2.54. The molecule has 0 radical (unpaired) electrons. The molecule has 1 aromatic carbocycles. The van der Waals surface area contributed by atoms with Gasteiger partial charge in [-0.15, -0.1) is 0 Å². The molecule has 0 aliphatic rings. The van der Waals surface area contributed by atoms with Crippen LogP contribution < -0.4 is 10.1 Å². The number of para-hydroxylation sites is 1. The molecule has 1 aromatic rings. The van der Waals surface area contributed by atoms with E-state index in [1.807, 2.05) is 0 Å². The van der Waals surface area contributed by atoms with Crippen molar-refractivity contribution >= 4 is 5.91 Å². The van der Waals surface area contributed by atoms with E-state index >= 15 is 0 Å². The van der Waals surface area contributed by atoms with Gasteiger partial charge in [0.2, 0.25) is 5.91 Å². The third-order valence-corrected chi connectivity index (χ3v) is 3.25. The van der Waals surface area contributed by atoms with Gasteiger partial charge in [-0.25, -0.2) is 0 Å². The summed E-state index contributed by atoms with van der Waals surface area (Å²) in [6, 6.07) is 4.43. The van der Waals surface area contributed by atoms with E-state index in [2.05, 4.69) is 5.32 Å². The third-order valence-electron chi connectivity index (χ3n) is 3.25. The van der Waals surface area contributed by atoms with E-state index in [9.17, 15) is 23.1 Å². The Kier molecular flexibility index (Phi) is 6.87. The average molecular weight is 333 g/mol. The summed E-state index contributed by atoms with van der Waals surface area (Å²) in [5.74, 6) is -0.694. The molecule has 7 heteroatoms. The van der Waals surface area contributed by atoms with Crippen molar-refractivity contribution in [1.82, 2.24) is 5.32 Å². The lowest BCUT2D eigenvalue weighted by molar-refractivity contribution is -0.139. The van der Waals surface area contributed by atoms with Crippen molar-refractivity contribution < 1.29 is 27.8 Å². The Morgan fingerprint density at radius 1 is 1.26 bits per heavy atom. The van der Waals surface area contributed by atoms with Crippen LogP contribution in [0.5, 0.6) is 5.75 Å². The van der Waals surface area contributed by atoms with Gasteiger partial charge in [0.15, 0.2) is 0 Å². The van der Waals surface area contributed by atoms with Crippen LogP contribution in [0.4, 0.5) is 13.2 Å². The molecule has 0 saturated carbocycles. The highest BCUT2D eigenvalue weighted by atomic mass is 19.4. The Morgan fingerprint density at radius 2 is 1.87 bits per heavy atom. The number of hydrogen-bond donors (Lipinski definition) is 2. The molecule has 0 aromatic heterocycles. The highest BCUT2D eigenvalue weighted by Crippen LogP contribution is 2.35. The Labute approximate surface area is 133 Å². The number of rotatable bonds is 7. The molecule has 0 spiro atoms. The van der Waals surface area contributed by atoms with E-state index in [0.717, 1.165) is 6.07 Å². The first kappa shape index (κ1) is 19.3. The molecule has 0 fully saturated rings. The fourth-order valence-electron chi connectivity index (χ4n) is 1.84. The number of hydrogen-bond acceptors (Lipinski definition) is 3. The molecule has 1 rings (SSSR count). The summed E-state index contributed by atoms with van der Waals surface area (Å²) >= 11 is 0. The minimum atomic E-state index is -4.50. The summed E-state index contributed by atoms with van der Waals surface area (Å²) in [5.41, 5.74) is -0.853. The number of carbonyl (C=O) groups is 1. The van der Waals surface area contributed by atoms with Gasteiger partial charge >= 0.3 is 6.18 Å². The zero-order valence-electron chi connectivity index (χ0n) is 13.4. The lowest BCUT2D eigenvalue weighted by Crippen LogP contribution is -2.39. The second-order valence-corrected chi connectivity index (χ2v) is 5.79.